The van der Waals surface area contributed by atoms with E-state index < -0.39 is 21.2 Å². The first-order chi connectivity index (χ1) is 16.1. The van der Waals surface area contributed by atoms with E-state index in [9.17, 15) is 18.0 Å². The number of carbonyl (C=O) groups excluding carboxylic acids is 2. The predicted molar refractivity (Wildman–Crippen MR) is 134 cm³/mol. The summed E-state index contributed by atoms with van der Waals surface area (Å²) in [6.07, 6.45) is 9.43. The maximum atomic E-state index is 13.3. The Morgan fingerprint density at radius 1 is 1.12 bits per heavy atom. The van der Waals surface area contributed by atoms with Crippen molar-refractivity contribution in [2.24, 2.45) is 11.8 Å². The Balaban J connectivity index is 1.32. The van der Waals surface area contributed by atoms with Crippen LogP contribution >= 0.6 is 11.8 Å². The number of thioether (sulfide) groups is 1. The number of rotatable bonds is 6. The zero-order valence-electron chi connectivity index (χ0n) is 20.7. The first kappa shape index (κ1) is 24.8. The Kier molecular flexibility index (Phi) is 6.74. The molecule has 2 aliphatic heterocycles. The Labute approximate surface area is 208 Å². The molecule has 6 atom stereocenters. The van der Waals surface area contributed by atoms with Gasteiger partial charge in [0.05, 0.1) is 16.5 Å². The van der Waals surface area contributed by atoms with E-state index >= 15 is 0 Å². The van der Waals surface area contributed by atoms with Crippen LogP contribution in [0.25, 0.3) is 0 Å². The number of urea groups is 1. The number of amides is 3. The van der Waals surface area contributed by atoms with Crippen molar-refractivity contribution < 1.29 is 18.0 Å². The second-order valence-corrected chi connectivity index (χ2v) is 15.1. The zero-order valence-corrected chi connectivity index (χ0v) is 22.3. The van der Waals surface area contributed by atoms with Crippen molar-refractivity contribution in [1.29, 1.82) is 0 Å². The quantitative estimate of drug-likeness (QED) is 0.568. The largest absolute Gasteiger partial charge is 0.326 e. The fraction of sp³-hybridized carbons (Fsp3) is 0.917. The molecule has 3 amide bonds. The van der Waals surface area contributed by atoms with Crippen molar-refractivity contribution in [3.05, 3.63) is 0 Å². The highest BCUT2D eigenvalue weighted by Gasteiger charge is 2.52. The fourth-order valence-corrected chi connectivity index (χ4v) is 10.1. The first-order valence-corrected chi connectivity index (χ1v) is 15.6. The summed E-state index contributed by atoms with van der Waals surface area (Å²) in [6, 6.07) is -0.0453. The topological polar surface area (TPSA) is 98.8 Å². The summed E-state index contributed by atoms with van der Waals surface area (Å²) in [7, 11) is -1.94. The highest BCUT2D eigenvalue weighted by Crippen LogP contribution is 2.42. The highest BCUT2D eigenvalue weighted by atomic mass is 32.2. The van der Waals surface area contributed by atoms with Gasteiger partial charge in [-0.1, -0.05) is 19.3 Å². The van der Waals surface area contributed by atoms with Gasteiger partial charge in [0.15, 0.2) is 0 Å². The van der Waals surface area contributed by atoms with E-state index in [2.05, 4.69) is 17.0 Å². The van der Waals surface area contributed by atoms with Crippen molar-refractivity contribution in [3.63, 3.8) is 0 Å². The normalized spacial score (nSPS) is 38.8. The second-order valence-electron chi connectivity index (χ2n) is 11.6. The Hall–Kier alpha value is -0.840. The number of imide groups is 1. The maximum absolute atomic E-state index is 13.3. The molecule has 2 N–H and O–H groups in total. The molecule has 0 spiro atoms. The third kappa shape index (κ3) is 4.76. The van der Waals surface area contributed by atoms with E-state index in [1.165, 1.54) is 37.0 Å². The minimum absolute atomic E-state index is 0.206. The van der Waals surface area contributed by atoms with Gasteiger partial charge in [0.25, 0.3) is 0 Å². The molecule has 6 unspecified atom stereocenters. The maximum Gasteiger partial charge on any atom is 0.326 e. The molecule has 192 valence electrons. The SMILES string of the molecule is CC1NC(C2CCCCC2)C(CN2C(=O)N(C)C(=O)C3CC(S(=O)(=O)NC4(C)CC4)CCC32)S1. The van der Waals surface area contributed by atoms with Gasteiger partial charge in [-0.15, -0.1) is 11.8 Å². The van der Waals surface area contributed by atoms with Crippen LogP contribution in [0.1, 0.15) is 78.1 Å². The Bertz CT molecular complexity index is 918. The first-order valence-electron chi connectivity index (χ1n) is 13.1. The number of carbonyl (C=O) groups is 2. The average molecular weight is 513 g/mol. The van der Waals surface area contributed by atoms with Gasteiger partial charge in [0, 0.05) is 36.5 Å². The number of fused-ring (bicyclic) bond motifs is 1. The molecule has 3 saturated carbocycles. The van der Waals surface area contributed by atoms with Crippen molar-refractivity contribution in [2.45, 2.75) is 112 Å². The number of hydrogen-bond acceptors (Lipinski definition) is 6. The lowest BCUT2D eigenvalue weighted by atomic mass is 9.80. The van der Waals surface area contributed by atoms with Crippen molar-refractivity contribution in [2.75, 3.05) is 13.6 Å². The lowest BCUT2D eigenvalue weighted by Crippen LogP contribution is -2.64. The summed E-state index contributed by atoms with van der Waals surface area (Å²) in [5, 5.41) is 3.85. The predicted octanol–water partition coefficient (Wildman–Crippen LogP) is 2.89. The van der Waals surface area contributed by atoms with Crippen molar-refractivity contribution in [3.8, 4) is 0 Å². The highest BCUT2D eigenvalue weighted by molar-refractivity contribution is 8.00. The molecule has 0 aromatic rings. The number of hydrogen-bond donors (Lipinski definition) is 2. The van der Waals surface area contributed by atoms with E-state index in [1.54, 1.807) is 7.05 Å². The molecule has 5 fully saturated rings. The molecule has 3 aliphatic carbocycles. The average Bonchev–Trinajstić information content (AvgIpc) is 3.41. The molecule has 2 heterocycles. The van der Waals surface area contributed by atoms with Crippen LogP contribution in [0.15, 0.2) is 0 Å². The van der Waals surface area contributed by atoms with Crippen LogP contribution in [0, 0.1) is 11.8 Å². The van der Waals surface area contributed by atoms with Crippen LogP contribution in [0.2, 0.25) is 0 Å². The van der Waals surface area contributed by atoms with Gasteiger partial charge in [-0.25, -0.2) is 17.9 Å². The van der Waals surface area contributed by atoms with Crippen LogP contribution in [0.5, 0.6) is 0 Å². The molecular weight excluding hydrogens is 472 g/mol. The summed E-state index contributed by atoms with van der Waals surface area (Å²) in [5.74, 6) is -0.0323. The molecule has 5 rings (SSSR count). The van der Waals surface area contributed by atoms with Crippen LogP contribution in [0.3, 0.4) is 0 Å². The number of nitrogens with zero attached hydrogens (tertiary/aromatic N) is 2. The zero-order chi connectivity index (χ0) is 24.3. The van der Waals surface area contributed by atoms with E-state index in [1.807, 2.05) is 23.6 Å². The molecule has 5 aliphatic rings. The van der Waals surface area contributed by atoms with E-state index in [0.717, 1.165) is 12.8 Å². The van der Waals surface area contributed by atoms with Gasteiger partial charge < -0.3 is 10.2 Å². The van der Waals surface area contributed by atoms with Gasteiger partial charge in [-0.3, -0.25) is 9.69 Å². The van der Waals surface area contributed by atoms with E-state index in [4.69, 9.17) is 0 Å². The van der Waals surface area contributed by atoms with E-state index in [0.29, 0.717) is 48.4 Å². The standard InChI is InChI=1S/C24H40N4O4S2/c1-15-25-21(16-7-5-4-6-8-16)20(33-15)14-28-19-10-9-17(34(31,32)26-24(2)11-12-24)13-18(19)22(29)27(3)23(28)30/h15-21,25-26H,4-14H2,1-3H3. The lowest BCUT2D eigenvalue weighted by Gasteiger charge is -2.48. The number of sulfonamides is 1. The summed E-state index contributed by atoms with van der Waals surface area (Å²) in [5.41, 5.74) is -0.317. The van der Waals surface area contributed by atoms with Gasteiger partial charge in [-0.05, 0) is 64.7 Å². The summed E-state index contributed by atoms with van der Waals surface area (Å²) < 4.78 is 29.0. The fourth-order valence-electron chi connectivity index (χ4n) is 6.69. The Morgan fingerprint density at radius 2 is 1.82 bits per heavy atom. The molecule has 2 saturated heterocycles. The smallest absolute Gasteiger partial charge is 0.319 e. The summed E-state index contributed by atoms with van der Waals surface area (Å²) in [6.45, 7) is 4.75. The van der Waals surface area contributed by atoms with Crippen LogP contribution in [-0.4, -0.2) is 77.2 Å². The molecule has 8 nitrogen and oxygen atoms in total. The molecule has 10 heteroatoms. The minimum atomic E-state index is -3.49. The third-order valence-corrected chi connectivity index (χ3v) is 12.3. The molecule has 34 heavy (non-hydrogen) atoms. The lowest BCUT2D eigenvalue weighted by molar-refractivity contribution is -0.139. The molecule has 0 aromatic heterocycles. The minimum Gasteiger partial charge on any atom is -0.319 e. The molecule has 0 aromatic carbocycles. The van der Waals surface area contributed by atoms with Crippen LogP contribution in [-0.2, 0) is 14.8 Å². The second kappa shape index (κ2) is 9.23. The van der Waals surface area contributed by atoms with Crippen LogP contribution < -0.4 is 10.0 Å². The van der Waals surface area contributed by atoms with Crippen molar-refractivity contribution >= 4 is 33.7 Å². The van der Waals surface area contributed by atoms with Gasteiger partial charge >= 0.3 is 6.03 Å². The third-order valence-electron chi connectivity index (χ3n) is 8.91. The monoisotopic (exact) mass is 512 g/mol. The van der Waals surface area contributed by atoms with Crippen molar-refractivity contribution in [1.82, 2.24) is 19.8 Å². The molecular formula is C24H40N4O4S2. The summed E-state index contributed by atoms with van der Waals surface area (Å²) in [4.78, 5) is 29.6. The van der Waals surface area contributed by atoms with Gasteiger partial charge in [0.1, 0.15) is 0 Å². The van der Waals surface area contributed by atoms with Gasteiger partial charge in [-0.2, -0.15) is 0 Å². The van der Waals surface area contributed by atoms with E-state index in [-0.39, 0.29) is 23.5 Å². The Morgan fingerprint density at radius 3 is 2.50 bits per heavy atom. The van der Waals surface area contributed by atoms with Gasteiger partial charge in [0.2, 0.25) is 15.9 Å². The van der Waals surface area contributed by atoms with Crippen LogP contribution in [0.4, 0.5) is 4.79 Å². The molecule has 0 radical (unpaired) electrons. The number of nitrogens with one attached hydrogen (secondary N) is 2. The molecule has 0 bridgehead atoms. The summed E-state index contributed by atoms with van der Waals surface area (Å²) >= 11 is 1.91.